The third-order valence-corrected chi connectivity index (χ3v) is 4.69. The molecule has 0 spiro atoms. The van der Waals surface area contributed by atoms with Gasteiger partial charge < -0.3 is 14.6 Å². The minimum atomic E-state index is -0.757. The molecule has 1 aromatic carbocycles. The van der Waals surface area contributed by atoms with Crippen molar-refractivity contribution in [2.24, 2.45) is 0 Å². The Morgan fingerprint density at radius 1 is 1.45 bits per heavy atom. The molecule has 0 aliphatic carbocycles. The summed E-state index contributed by atoms with van der Waals surface area (Å²) in [5.41, 5.74) is 1.83. The Labute approximate surface area is 126 Å². The van der Waals surface area contributed by atoms with Crippen LogP contribution in [0.4, 0.5) is 0 Å². The Balaban J connectivity index is 2.02. The summed E-state index contributed by atoms with van der Waals surface area (Å²) in [6, 6.07) is 7.43. The lowest BCUT2D eigenvalue weighted by Gasteiger charge is -2.15. The molecule has 0 amide bonds. The highest BCUT2D eigenvalue weighted by Gasteiger charge is 2.25. The van der Waals surface area contributed by atoms with Gasteiger partial charge in [0.25, 0.3) is 0 Å². The monoisotopic (exact) mass is 310 g/mol. The molecule has 0 saturated heterocycles. The van der Waals surface area contributed by atoms with Crippen LogP contribution in [0.25, 0.3) is 0 Å². The number of benzene rings is 1. The van der Waals surface area contributed by atoms with E-state index < -0.39 is 6.10 Å². The quantitative estimate of drug-likeness (QED) is 0.936. The zero-order chi connectivity index (χ0) is 14.3. The van der Waals surface area contributed by atoms with Gasteiger partial charge in [0.1, 0.15) is 23.7 Å². The van der Waals surface area contributed by atoms with Gasteiger partial charge in [-0.2, -0.15) is 0 Å². The predicted octanol–water partition coefficient (Wildman–Crippen LogP) is 3.82. The van der Waals surface area contributed by atoms with Crippen LogP contribution in [0.2, 0.25) is 4.34 Å². The van der Waals surface area contributed by atoms with E-state index in [4.69, 9.17) is 21.1 Å². The Kier molecular flexibility index (Phi) is 3.63. The Morgan fingerprint density at radius 2 is 2.25 bits per heavy atom. The molecule has 0 saturated carbocycles. The average molecular weight is 311 g/mol. The molecule has 2 atom stereocenters. The van der Waals surface area contributed by atoms with Crippen LogP contribution in [0.3, 0.4) is 0 Å². The Morgan fingerprint density at radius 3 is 2.90 bits per heavy atom. The van der Waals surface area contributed by atoms with E-state index >= 15 is 0 Å². The molecule has 1 aliphatic rings. The van der Waals surface area contributed by atoms with Crippen molar-refractivity contribution in [3.05, 3.63) is 44.6 Å². The fraction of sp³-hybridized carbons (Fsp3) is 0.333. The lowest BCUT2D eigenvalue weighted by atomic mass is 10.0. The number of ether oxygens (including phenoxy) is 2. The van der Waals surface area contributed by atoms with Crippen LogP contribution in [0.15, 0.2) is 24.3 Å². The minimum absolute atomic E-state index is 0.165. The summed E-state index contributed by atoms with van der Waals surface area (Å²) in [6.45, 7) is 2.03. The Bertz CT molecular complexity index is 638. The van der Waals surface area contributed by atoms with E-state index in [1.165, 1.54) is 11.3 Å². The molecule has 2 aromatic rings. The first kappa shape index (κ1) is 13.7. The maximum Gasteiger partial charge on any atom is 0.125 e. The summed E-state index contributed by atoms with van der Waals surface area (Å²) < 4.78 is 11.8. The van der Waals surface area contributed by atoms with Crippen LogP contribution in [0.1, 0.15) is 29.0 Å². The molecular formula is C15H15ClO3S. The molecule has 106 valence electrons. The number of methoxy groups -OCH3 is 1. The van der Waals surface area contributed by atoms with Crippen LogP contribution in [0.5, 0.6) is 11.5 Å². The van der Waals surface area contributed by atoms with E-state index in [9.17, 15) is 5.11 Å². The number of halogens is 1. The molecule has 0 bridgehead atoms. The van der Waals surface area contributed by atoms with E-state index in [1.807, 2.05) is 25.1 Å². The average Bonchev–Trinajstić information content (AvgIpc) is 3.00. The van der Waals surface area contributed by atoms with Gasteiger partial charge in [-0.3, -0.25) is 0 Å². The summed E-state index contributed by atoms with van der Waals surface area (Å²) in [5, 5.41) is 10.5. The zero-order valence-electron chi connectivity index (χ0n) is 11.2. The molecule has 1 N–H and O–H groups in total. The van der Waals surface area contributed by atoms with E-state index in [1.54, 1.807) is 13.2 Å². The third-order valence-electron chi connectivity index (χ3n) is 3.41. The summed E-state index contributed by atoms with van der Waals surface area (Å²) >= 11 is 7.29. The number of thiophene rings is 1. The van der Waals surface area contributed by atoms with Crippen molar-refractivity contribution in [3.8, 4) is 11.5 Å². The maximum atomic E-state index is 10.5. The van der Waals surface area contributed by atoms with E-state index in [-0.39, 0.29) is 6.10 Å². The van der Waals surface area contributed by atoms with Crippen molar-refractivity contribution >= 4 is 22.9 Å². The number of aliphatic hydroxyl groups is 1. The van der Waals surface area contributed by atoms with Gasteiger partial charge in [0.05, 0.1) is 11.4 Å². The number of rotatable bonds is 3. The van der Waals surface area contributed by atoms with E-state index in [2.05, 4.69) is 0 Å². The summed E-state index contributed by atoms with van der Waals surface area (Å²) in [6.07, 6.45) is 0.276. The van der Waals surface area contributed by atoms with Crippen LogP contribution in [-0.2, 0) is 6.42 Å². The largest absolute Gasteiger partial charge is 0.496 e. The SMILES string of the molecule is COc1cc2c(cc1C(O)c1ccc(Cl)s1)OC(C)C2. The standard InChI is InChI=1S/C15H15ClO3S/c1-8-5-9-6-12(18-2)10(7-11(9)19-8)15(17)13-3-4-14(16)20-13/h3-4,6-8,15,17H,5H2,1-2H3. The molecule has 20 heavy (non-hydrogen) atoms. The second-order valence-electron chi connectivity index (χ2n) is 4.88. The van der Waals surface area contributed by atoms with E-state index in [0.717, 1.165) is 22.6 Å². The highest BCUT2D eigenvalue weighted by atomic mass is 35.5. The van der Waals surface area contributed by atoms with Crippen LogP contribution >= 0.6 is 22.9 Å². The lowest BCUT2D eigenvalue weighted by Crippen LogP contribution is -2.05. The number of hydrogen-bond acceptors (Lipinski definition) is 4. The fourth-order valence-corrected chi connectivity index (χ4v) is 3.54. The maximum absolute atomic E-state index is 10.5. The number of fused-ring (bicyclic) bond motifs is 1. The lowest BCUT2D eigenvalue weighted by molar-refractivity contribution is 0.216. The molecule has 2 unspecified atom stereocenters. The van der Waals surface area contributed by atoms with Gasteiger partial charge in [0, 0.05) is 22.4 Å². The first-order valence-corrected chi connectivity index (χ1v) is 7.58. The number of aliphatic hydroxyl groups excluding tert-OH is 1. The second kappa shape index (κ2) is 5.28. The van der Waals surface area contributed by atoms with Crippen molar-refractivity contribution in [3.63, 3.8) is 0 Å². The van der Waals surface area contributed by atoms with Gasteiger partial charge in [-0.1, -0.05) is 11.6 Å². The second-order valence-corrected chi connectivity index (χ2v) is 6.63. The van der Waals surface area contributed by atoms with Gasteiger partial charge in [0.15, 0.2) is 0 Å². The first-order valence-electron chi connectivity index (χ1n) is 6.39. The van der Waals surface area contributed by atoms with E-state index in [0.29, 0.717) is 15.6 Å². The highest BCUT2D eigenvalue weighted by molar-refractivity contribution is 7.16. The normalized spacial score (nSPS) is 18.5. The molecule has 0 fully saturated rings. The van der Waals surface area contributed by atoms with Crippen LogP contribution in [0, 0.1) is 0 Å². The molecule has 3 nitrogen and oxygen atoms in total. The van der Waals surface area contributed by atoms with Crippen molar-refractivity contribution in [1.29, 1.82) is 0 Å². The summed E-state index contributed by atoms with van der Waals surface area (Å²) in [5.74, 6) is 1.51. The van der Waals surface area contributed by atoms with Gasteiger partial charge in [-0.05, 0) is 31.2 Å². The van der Waals surface area contributed by atoms with Crippen LogP contribution in [-0.4, -0.2) is 18.3 Å². The molecule has 1 aromatic heterocycles. The van der Waals surface area contributed by atoms with Gasteiger partial charge in [0.2, 0.25) is 0 Å². The molecular weight excluding hydrogens is 296 g/mol. The van der Waals surface area contributed by atoms with Crippen molar-refractivity contribution in [2.75, 3.05) is 7.11 Å². The molecule has 1 aliphatic heterocycles. The zero-order valence-corrected chi connectivity index (χ0v) is 12.8. The fourth-order valence-electron chi connectivity index (χ4n) is 2.47. The van der Waals surface area contributed by atoms with Crippen LogP contribution < -0.4 is 9.47 Å². The molecule has 2 heterocycles. The molecule has 0 radical (unpaired) electrons. The van der Waals surface area contributed by atoms with Crippen molar-refractivity contribution in [2.45, 2.75) is 25.6 Å². The van der Waals surface area contributed by atoms with Gasteiger partial charge in [-0.15, -0.1) is 11.3 Å². The Hall–Kier alpha value is -1.23. The summed E-state index contributed by atoms with van der Waals surface area (Å²) in [7, 11) is 1.61. The molecule has 5 heteroatoms. The van der Waals surface area contributed by atoms with Gasteiger partial charge in [-0.25, -0.2) is 0 Å². The minimum Gasteiger partial charge on any atom is -0.496 e. The molecule has 3 rings (SSSR count). The topological polar surface area (TPSA) is 38.7 Å². The predicted molar refractivity (Wildman–Crippen MR) is 80.2 cm³/mol. The number of hydrogen-bond donors (Lipinski definition) is 1. The first-order chi connectivity index (χ1) is 9.58. The third kappa shape index (κ3) is 2.39. The summed E-state index contributed by atoms with van der Waals surface area (Å²) in [4.78, 5) is 0.791. The smallest absolute Gasteiger partial charge is 0.125 e. The highest BCUT2D eigenvalue weighted by Crippen LogP contribution is 2.40. The van der Waals surface area contributed by atoms with Crippen molar-refractivity contribution in [1.82, 2.24) is 0 Å². The van der Waals surface area contributed by atoms with Crippen molar-refractivity contribution < 1.29 is 14.6 Å². The van der Waals surface area contributed by atoms with Gasteiger partial charge >= 0.3 is 0 Å².